The van der Waals surface area contributed by atoms with Gasteiger partial charge in [0.15, 0.2) is 0 Å². The first-order valence-corrected chi connectivity index (χ1v) is 4.81. The Morgan fingerprint density at radius 2 is 2.29 bits per heavy atom. The van der Waals surface area contributed by atoms with Gasteiger partial charge in [0.25, 0.3) is 0 Å². The van der Waals surface area contributed by atoms with Crippen LogP contribution in [0.3, 0.4) is 0 Å². The first-order chi connectivity index (χ1) is 6.70. The summed E-state index contributed by atoms with van der Waals surface area (Å²) in [6, 6.07) is 5.40. The summed E-state index contributed by atoms with van der Waals surface area (Å²) in [5.74, 6) is 0.739. The summed E-state index contributed by atoms with van der Waals surface area (Å²) in [5.41, 5.74) is 0.399. The molecule has 0 unspecified atom stereocenters. The number of methoxy groups -OCH3 is 1. The van der Waals surface area contributed by atoms with Crippen LogP contribution >= 0.6 is 0 Å². The molecule has 0 atom stereocenters. The summed E-state index contributed by atoms with van der Waals surface area (Å²) >= 11 is 2.75. The molecule has 2 aromatic rings. The van der Waals surface area contributed by atoms with Crippen molar-refractivity contribution in [1.82, 2.24) is 9.97 Å². The van der Waals surface area contributed by atoms with Crippen molar-refractivity contribution in [2.24, 2.45) is 0 Å². The van der Waals surface area contributed by atoms with E-state index in [2.05, 4.69) is 26.0 Å². The molecule has 1 heterocycles. The second-order valence-electron chi connectivity index (χ2n) is 2.76. The van der Waals surface area contributed by atoms with Gasteiger partial charge in [0.2, 0.25) is 0 Å². The van der Waals surface area contributed by atoms with Gasteiger partial charge in [-0.05, 0) is 0 Å². The zero-order valence-electron chi connectivity index (χ0n) is 7.40. The van der Waals surface area contributed by atoms with Crippen molar-refractivity contribution < 1.29 is 4.74 Å². The van der Waals surface area contributed by atoms with Crippen LogP contribution in [-0.4, -0.2) is 33.1 Å². The monoisotopic (exact) mass is 255 g/mol. The molecule has 1 radical (unpaired) electrons. The van der Waals surface area contributed by atoms with Gasteiger partial charge in [-0.3, -0.25) is 0 Å². The van der Waals surface area contributed by atoms with E-state index in [1.807, 2.05) is 6.07 Å². The van der Waals surface area contributed by atoms with E-state index in [9.17, 15) is 4.79 Å². The van der Waals surface area contributed by atoms with Crippen LogP contribution in [0.4, 0.5) is 0 Å². The molecule has 1 N–H and O–H groups in total. The van der Waals surface area contributed by atoms with Crippen molar-refractivity contribution in [2.45, 2.75) is 0 Å². The molecule has 4 nitrogen and oxygen atoms in total. The molecule has 0 aliphatic carbocycles. The zero-order valence-corrected chi connectivity index (χ0v) is 9.12. The Hall–Kier alpha value is -1.32. The summed E-state index contributed by atoms with van der Waals surface area (Å²) in [6.07, 6.45) is 0. The van der Waals surface area contributed by atoms with Crippen molar-refractivity contribution in [3.05, 3.63) is 28.7 Å². The molecule has 2 rings (SSSR count). The Labute approximate surface area is 88.1 Å². The zero-order chi connectivity index (χ0) is 10.1. The van der Waals surface area contributed by atoms with E-state index in [0.29, 0.717) is 4.59 Å². The summed E-state index contributed by atoms with van der Waals surface area (Å²) in [7, 11) is 1.60. The van der Waals surface area contributed by atoms with E-state index >= 15 is 0 Å². The fraction of sp³-hybridized carbons (Fsp3) is 0.111. The molecule has 14 heavy (non-hydrogen) atoms. The molecular formula is C9H7N2O2Se. The van der Waals surface area contributed by atoms with Crippen LogP contribution in [-0.2, 0) is 0 Å². The summed E-state index contributed by atoms with van der Waals surface area (Å²) in [5, 5.41) is 0.851. The second kappa shape index (κ2) is 3.44. The van der Waals surface area contributed by atoms with Gasteiger partial charge < -0.3 is 0 Å². The minimum absolute atomic E-state index is 0.351. The first-order valence-electron chi connectivity index (χ1n) is 3.96. The van der Waals surface area contributed by atoms with Gasteiger partial charge in [0.1, 0.15) is 0 Å². The number of fused-ring (bicyclic) bond motifs is 1. The molecule has 0 amide bonds. The molecule has 1 aromatic carbocycles. The van der Waals surface area contributed by atoms with Crippen LogP contribution in [0.5, 0.6) is 5.75 Å². The Morgan fingerprint density at radius 1 is 1.50 bits per heavy atom. The first kappa shape index (κ1) is 9.24. The van der Waals surface area contributed by atoms with E-state index in [1.54, 1.807) is 19.2 Å². The third kappa shape index (κ3) is 1.52. The average Bonchev–Trinajstić information content (AvgIpc) is 2.17. The van der Waals surface area contributed by atoms with Crippen molar-refractivity contribution in [3.8, 4) is 5.75 Å². The predicted molar refractivity (Wildman–Crippen MR) is 54.3 cm³/mol. The number of benzene rings is 1. The quantitative estimate of drug-likeness (QED) is 0.712. The van der Waals surface area contributed by atoms with E-state index in [-0.39, 0.29) is 5.69 Å². The molecule has 0 spiro atoms. The number of rotatable bonds is 1. The van der Waals surface area contributed by atoms with Gasteiger partial charge in [0.05, 0.1) is 0 Å². The normalized spacial score (nSPS) is 10.4. The second-order valence-corrected chi connectivity index (χ2v) is 3.57. The molecule has 0 bridgehead atoms. The van der Waals surface area contributed by atoms with Crippen LogP contribution in [0.25, 0.3) is 10.9 Å². The van der Waals surface area contributed by atoms with Gasteiger partial charge in [-0.15, -0.1) is 0 Å². The van der Waals surface area contributed by atoms with Gasteiger partial charge in [-0.2, -0.15) is 0 Å². The molecule has 0 saturated carbocycles. The SMILES string of the molecule is COc1ccc2[nH]c(=O)nc([Se])c2c1. The van der Waals surface area contributed by atoms with Crippen LogP contribution in [0.2, 0.25) is 0 Å². The third-order valence-electron chi connectivity index (χ3n) is 1.90. The Balaban J connectivity index is 2.82. The molecule has 0 fully saturated rings. The number of hydrogen-bond acceptors (Lipinski definition) is 3. The van der Waals surface area contributed by atoms with Crippen LogP contribution in [0, 0.1) is 0 Å². The van der Waals surface area contributed by atoms with Crippen molar-refractivity contribution >= 4 is 31.5 Å². The maximum absolute atomic E-state index is 11.0. The number of nitrogens with one attached hydrogen (secondary N) is 1. The van der Waals surface area contributed by atoms with E-state index < -0.39 is 0 Å². The average molecular weight is 254 g/mol. The van der Waals surface area contributed by atoms with Crippen LogP contribution in [0.1, 0.15) is 0 Å². The summed E-state index contributed by atoms with van der Waals surface area (Å²) in [6.45, 7) is 0. The number of aromatic nitrogens is 2. The number of aromatic amines is 1. The van der Waals surface area contributed by atoms with E-state index in [0.717, 1.165) is 16.7 Å². The van der Waals surface area contributed by atoms with Gasteiger partial charge in [0, 0.05) is 0 Å². The topological polar surface area (TPSA) is 55.0 Å². The Kier molecular flexibility index (Phi) is 2.27. The number of hydrogen-bond donors (Lipinski definition) is 1. The molecule has 0 aliphatic rings. The Morgan fingerprint density at radius 3 is 3.00 bits per heavy atom. The minimum atomic E-state index is -0.351. The number of ether oxygens (including phenoxy) is 1. The molecule has 1 aromatic heterocycles. The Bertz CT molecular complexity index is 536. The predicted octanol–water partition coefficient (Wildman–Crippen LogP) is -0.275. The van der Waals surface area contributed by atoms with Gasteiger partial charge >= 0.3 is 87.8 Å². The number of nitrogens with zero attached hydrogens (tertiary/aromatic N) is 1. The summed E-state index contributed by atoms with van der Waals surface area (Å²) < 4.78 is 5.66. The van der Waals surface area contributed by atoms with Crippen molar-refractivity contribution in [3.63, 3.8) is 0 Å². The van der Waals surface area contributed by atoms with Crippen molar-refractivity contribution in [2.75, 3.05) is 7.11 Å². The van der Waals surface area contributed by atoms with Crippen molar-refractivity contribution in [1.29, 1.82) is 0 Å². The number of H-pyrrole nitrogens is 1. The standard InChI is InChI=1S/C9H7N2O2Se/c1-13-5-2-3-7-6(4-5)8(14)11-9(12)10-7/h2-4H,1H3,(H,10,11,12). The maximum atomic E-state index is 11.0. The molecule has 0 saturated heterocycles. The van der Waals surface area contributed by atoms with E-state index in [1.165, 1.54) is 0 Å². The summed E-state index contributed by atoms with van der Waals surface area (Å²) in [4.78, 5) is 17.4. The molecular weight excluding hydrogens is 247 g/mol. The third-order valence-corrected chi connectivity index (χ3v) is 2.55. The molecule has 5 heteroatoms. The molecule has 71 valence electrons. The fourth-order valence-corrected chi connectivity index (χ4v) is 1.76. The van der Waals surface area contributed by atoms with Crippen LogP contribution in [0.15, 0.2) is 23.0 Å². The van der Waals surface area contributed by atoms with Gasteiger partial charge in [-0.25, -0.2) is 0 Å². The fourth-order valence-electron chi connectivity index (χ4n) is 1.23. The molecule has 0 aliphatic heterocycles. The van der Waals surface area contributed by atoms with Crippen LogP contribution < -0.4 is 15.0 Å². The van der Waals surface area contributed by atoms with E-state index in [4.69, 9.17) is 4.74 Å². The van der Waals surface area contributed by atoms with Gasteiger partial charge in [-0.1, -0.05) is 0 Å².